The number of thioether (sulfide) groups is 1. The summed E-state index contributed by atoms with van der Waals surface area (Å²) in [5.74, 6) is 1.19. The fraction of sp³-hybridized carbons (Fsp3) is 0.400. The third-order valence-electron chi connectivity index (χ3n) is 2.69. The van der Waals surface area contributed by atoms with Crippen molar-refractivity contribution >= 4 is 34.1 Å². The van der Waals surface area contributed by atoms with Crippen molar-refractivity contribution in [2.75, 3.05) is 5.32 Å². The molecule has 1 N–H and O–H groups in total. The highest BCUT2D eigenvalue weighted by molar-refractivity contribution is 8.00. The zero-order chi connectivity index (χ0) is 15.2. The van der Waals surface area contributed by atoms with Gasteiger partial charge < -0.3 is 5.32 Å². The lowest BCUT2D eigenvalue weighted by Crippen LogP contribution is -2.13. The number of hydrogen-bond acceptors (Lipinski definition) is 5. The SMILES string of the molecule is Cc1cccc(CSc2nnc(NC(=O)CC(C)C)s2)c1. The maximum atomic E-state index is 11.7. The largest absolute Gasteiger partial charge is 0.300 e. The zero-order valence-corrected chi connectivity index (χ0v) is 14.1. The Morgan fingerprint density at radius 3 is 2.90 bits per heavy atom. The van der Waals surface area contributed by atoms with Crippen molar-refractivity contribution in [3.8, 4) is 0 Å². The molecule has 0 radical (unpaired) electrons. The lowest BCUT2D eigenvalue weighted by Gasteiger charge is -2.02. The first-order valence-corrected chi connectivity index (χ1v) is 8.65. The average molecular weight is 321 g/mol. The summed E-state index contributed by atoms with van der Waals surface area (Å²) in [6, 6.07) is 8.41. The van der Waals surface area contributed by atoms with Gasteiger partial charge in [0.2, 0.25) is 11.0 Å². The molecule has 112 valence electrons. The first-order chi connectivity index (χ1) is 10.0. The van der Waals surface area contributed by atoms with Gasteiger partial charge in [0.15, 0.2) is 4.34 Å². The molecule has 4 nitrogen and oxygen atoms in total. The van der Waals surface area contributed by atoms with Gasteiger partial charge in [0.25, 0.3) is 0 Å². The van der Waals surface area contributed by atoms with Gasteiger partial charge in [-0.3, -0.25) is 4.79 Å². The number of aromatic nitrogens is 2. The second-order valence-electron chi connectivity index (χ2n) is 5.30. The van der Waals surface area contributed by atoms with Crippen molar-refractivity contribution in [2.24, 2.45) is 5.92 Å². The Labute approximate surface area is 133 Å². The van der Waals surface area contributed by atoms with E-state index in [1.165, 1.54) is 22.5 Å². The highest BCUT2D eigenvalue weighted by Gasteiger charge is 2.10. The van der Waals surface area contributed by atoms with Crippen LogP contribution >= 0.6 is 23.1 Å². The van der Waals surface area contributed by atoms with E-state index in [0.717, 1.165) is 10.1 Å². The van der Waals surface area contributed by atoms with E-state index in [1.807, 2.05) is 13.8 Å². The molecule has 1 heterocycles. The number of rotatable bonds is 6. The van der Waals surface area contributed by atoms with Gasteiger partial charge in [-0.25, -0.2) is 0 Å². The Bertz CT molecular complexity index is 610. The van der Waals surface area contributed by atoms with Gasteiger partial charge in [0.1, 0.15) is 0 Å². The molecule has 0 bridgehead atoms. The molecule has 0 saturated carbocycles. The maximum Gasteiger partial charge on any atom is 0.226 e. The first kappa shape index (κ1) is 16.0. The van der Waals surface area contributed by atoms with Crippen LogP contribution in [0.15, 0.2) is 28.6 Å². The highest BCUT2D eigenvalue weighted by Crippen LogP contribution is 2.28. The molecule has 1 amide bonds. The Kier molecular flexibility index (Phi) is 5.76. The molecule has 6 heteroatoms. The number of nitrogens with zero attached hydrogens (tertiary/aromatic N) is 2. The Balaban J connectivity index is 1.87. The smallest absolute Gasteiger partial charge is 0.226 e. The summed E-state index contributed by atoms with van der Waals surface area (Å²) in [6.07, 6.45) is 0.505. The summed E-state index contributed by atoms with van der Waals surface area (Å²) in [5, 5.41) is 11.5. The second kappa shape index (κ2) is 7.56. The van der Waals surface area contributed by atoms with Gasteiger partial charge in [-0.15, -0.1) is 10.2 Å². The van der Waals surface area contributed by atoms with E-state index in [2.05, 4.69) is 46.7 Å². The number of amides is 1. The van der Waals surface area contributed by atoms with E-state index in [-0.39, 0.29) is 5.91 Å². The molecule has 1 aromatic carbocycles. The van der Waals surface area contributed by atoms with Crippen LogP contribution in [0.1, 0.15) is 31.4 Å². The van der Waals surface area contributed by atoms with Crippen LogP contribution < -0.4 is 5.32 Å². The molecule has 0 aliphatic carbocycles. The monoisotopic (exact) mass is 321 g/mol. The number of anilines is 1. The Morgan fingerprint density at radius 2 is 2.19 bits per heavy atom. The number of hydrogen-bond donors (Lipinski definition) is 1. The third kappa shape index (κ3) is 5.47. The standard InChI is InChI=1S/C15H19N3OS2/c1-10(2)7-13(19)16-14-17-18-15(21-14)20-9-12-6-4-5-11(3)8-12/h4-6,8,10H,7,9H2,1-3H3,(H,16,17,19). The minimum Gasteiger partial charge on any atom is -0.300 e. The van der Waals surface area contributed by atoms with Crippen LogP contribution in [-0.2, 0) is 10.5 Å². The second-order valence-corrected chi connectivity index (χ2v) is 7.50. The van der Waals surface area contributed by atoms with Crippen LogP contribution in [0.3, 0.4) is 0 Å². The first-order valence-electron chi connectivity index (χ1n) is 6.84. The minimum absolute atomic E-state index is 0.00335. The van der Waals surface area contributed by atoms with Crippen LogP contribution in [-0.4, -0.2) is 16.1 Å². The van der Waals surface area contributed by atoms with Crippen molar-refractivity contribution in [3.05, 3.63) is 35.4 Å². The fourth-order valence-electron chi connectivity index (χ4n) is 1.81. The summed E-state index contributed by atoms with van der Waals surface area (Å²) >= 11 is 3.06. The van der Waals surface area contributed by atoms with Crippen molar-refractivity contribution in [1.29, 1.82) is 0 Å². The van der Waals surface area contributed by atoms with Gasteiger partial charge >= 0.3 is 0 Å². The number of carbonyl (C=O) groups excluding carboxylic acids is 1. The van der Waals surface area contributed by atoms with Crippen LogP contribution in [0, 0.1) is 12.8 Å². The van der Waals surface area contributed by atoms with E-state index in [1.54, 1.807) is 11.8 Å². The number of carbonyl (C=O) groups is 1. The van der Waals surface area contributed by atoms with Crippen molar-refractivity contribution in [3.63, 3.8) is 0 Å². The topological polar surface area (TPSA) is 54.9 Å². The molecular formula is C15H19N3OS2. The van der Waals surface area contributed by atoms with E-state index in [4.69, 9.17) is 0 Å². The van der Waals surface area contributed by atoms with Crippen LogP contribution in [0.4, 0.5) is 5.13 Å². The predicted octanol–water partition coefficient (Wildman–Crippen LogP) is 4.12. The minimum atomic E-state index is -0.00335. The van der Waals surface area contributed by atoms with Crippen LogP contribution in [0.2, 0.25) is 0 Å². The summed E-state index contributed by atoms with van der Waals surface area (Å²) in [6.45, 7) is 6.12. The molecule has 2 aromatic rings. The molecule has 0 atom stereocenters. The highest BCUT2D eigenvalue weighted by atomic mass is 32.2. The van der Waals surface area contributed by atoms with E-state index >= 15 is 0 Å². The lowest BCUT2D eigenvalue weighted by atomic mass is 10.1. The molecular weight excluding hydrogens is 302 g/mol. The summed E-state index contributed by atoms with van der Waals surface area (Å²) in [7, 11) is 0. The third-order valence-corrected chi connectivity index (χ3v) is 4.73. The number of benzene rings is 1. The molecule has 1 aromatic heterocycles. The number of nitrogens with one attached hydrogen (secondary N) is 1. The van der Waals surface area contributed by atoms with Crippen molar-refractivity contribution < 1.29 is 4.79 Å². The molecule has 0 fully saturated rings. The molecule has 0 saturated heterocycles. The Hall–Kier alpha value is -1.40. The predicted molar refractivity (Wildman–Crippen MR) is 88.7 cm³/mol. The molecule has 0 unspecified atom stereocenters. The summed E-state index contributed by atoms with van der Waals surface area (Å²) in [4.78, 5) is 11.7. The molecule has 0 aliphatic heterocycles. The zero-order valence-electron chi connectivity index (χ0n) is 12.4. The molecule has 2 rings (SSSR count). The summed E-state index contributed by atoms with van der Waals surface area (Å²) < 4.78 is 0.872. The van der Waals surface area contributed by atoms with E-state index < -0.39 is 0 Å². The lowest BCUT2D eigenvalue weighted by molar-refractivity contribution is -0.116. The van der Waals surface area contributed by atoms with Gasteiger partial charge in [0.05, 0.1) is 0 Å². The molecule has 21 heavy (non-hydrogen) atoms. The van der Waals surface area contributed by atoms with Crippen molar-refractivity contribution in [1.82, 2.24) is 10.2 Å². The van der Waals surface area contributed by atoms with Gasteiger partial charge in [0, 0.05) is 12.2 Å². The molecule has 0 aliphatic rings. The van der Waals surface area contributed by atoms with Crippen LogP contribution in [0.25, 0.3) is 0 Å². The van der Waals surface area contributed by atoms with Gasteiger partial charge in [-0.2, -0.15) is 0 Å². The normalized spacial score (nSPS) is 10.9. The molecule has 0 spiro atoms. The Morgan fingerprint density at radius 1 is 1.38 bits per heavy atom. The van der Waals surface area contributed by atoms with Crippen molar-refractivity contribution in [2.45, 2.75) is 37.3 Å². The average Bonchev–Trinajstić information content (AvgIpc) is 2.83. The van der Waals surface area contributed by atoms with Gasteiger partial charge in [-0.1, -0.05) is 66.8 Å². The fourth-order valence-corrected chi connectivity index (χ4v) is 3.52. The number of aryl methyl sites for hydroxylation is 1. The quantitative estimate of drug-likeness (QED) is 0.642. The summed E-state index contributed by atoms with van der Waals surface area (Å²) in [5.41, 5.74) is 2.52. The van der Waals surface area contributed by atoms with Crippen LogP contribution in [0.5, 0.6) is 0 Å². The van der Waals surface area contributed by atoms with Gasteiger partial charge in [-0.05, 0) is 18.4 Å². The maximum absolute atomic E-state index is 11.7. The van der Waals surface area contributed by atoms with E-state index in [9.17, 15) is 4.79 Å². The van der Waals surface area contributed by atoms with E-state index in [0.29, 0.717) is 17.5 Å².